The van der Waals surface area contributed by atoms with E-state index >= 15 is 0 Å². The lowest BCUT2D eigenvalue weighted by Gasteiger charge is -2.27. The van der Waals surface area contributed by atoms with Gasteiger partial charge in [0.15, 0.2) is 5.82 Å². The van der Waals surface area contributed by atoms with Crippen molar-refractivity contribution >= 4 is 11.7 Å². The highest BCUT2D eigenvalue weighted by atomic mass is 16.5. The molecule has 0 spiro atoms. The van der Waals surface area contributed by atoms with E-state index in [9.17, 15) is 4.79 Å². The number of hydrogen-bond donors (Lipinski definition) is 1. The van der Waals surface area contributed by atoms with Crippen LogP contribution in [0.4, 0.5) is 10.5 Å². The van der Waals surface area contributed by atoms with Crippen LogP contribution in [0, 0.1) is 0 Å². The molecular weight excluding hydrogens is 292 g/mol. The fraction of sp³-hybridized carbons (Fsp3) is 0.471. The van der Waals surface area contributed by atoms with Crippen LogP contribution in [-0.2, 0) is 0 Å². The van der Waals surface area contributed by atoms with Gasteiger partial charge in [0.2, 0.25) is 0 Å². The predicted octanol–water partition coefficient (Wildman–Crippen LogP) is 3.31. The Balaban J connectivity index is 1.59. The van der Waals surface area contributed by atoms with Gasteiger partial charge in [0.1, 0.15) is 0 Å². The van der Waals surface area contributed by atoms with E-state index in [1.807, 2.05) is 24.3 Å². The Hall–Kier alpha value is -2.37. The second-order valence-electron chi connectivity index (χ2n) is 6.23. The lowest BCUT2D eigenvalue weighted by atomic mass is 10.1. The van der Waals surface area contributed by atoms with Gasteiger partial charge in [-0.1, -0.05) is 24.1 Å². The number of hydrogen-bond acceptors (Lipinski definition) is 4. The fourth-order valence-electron chi connectivity index (χ4n) is 3.38. The summed E-state index contributed by atoms with van der Waals surface area (Å²) >= 11 is 0. The number of anilines is 1. The van der Waals surface area contributed by atoms with Crippen LogP contribution in [0.15, 0.2) is 28.8 Å². The van der Waals surface area contributed by atoms with Gasteiger partial charge in [0.25, 0.3) is 5.89 Å². The van der Waals surface area contributed by atoms with Gasteiger partial charge in [-0.15, -0.1) is 0 Å². The first-order valence-corrected chi connectivity index (χ1v) is 8.31. The minimum absolute atomic E-state index is 0.0504. The standard InChI is InChI=1S/C17H20N4O2/c22-17-18-9-4-10-21(17)14-8-3-7-13(11-14)16-19-15(20-23-16)12-5-1-2-6-12/h3,7-8,11-12H,1-2,4-6,9-10H2,(H,18,22). The van der Waals surface area contributed by atoms with Gasteiger partial charge in [0, 0.05) is 30.3 Å². The number of aromatic nitrogens is 2. The summed E-state index contributed by atoms with van der Waals surface area (Å²) < 4.78 is 5.45. The lowest BCUT2D eigenvalue weighted by molar-refractivity contribution is 0.243. The Labute approximate surface area is 134 Å². The highest BCUT2D eigenvalue weighted by Crippen LogP contribution is 2.33. The number of benzene rings is 1. The summed E-state index contributed by atoms with van der Waals surface area (Å²) in [5, 5.41) is 7.02. The van der Waals surface area contributed by atoms with E-state index < -0.39 is 0 Å². The number of urea groups is 1. The minimum Gasteiger partial charge on any atom is -0.338 e. The molecule has 6 nitrogen and oxygen atoms in total. The second-order valence-corrected chi connectivity index (χ2v) is 6.23. The monoisotopic (exact) mass is 312 g/mol. The quantitative estimate of drug-likeness (QED) is 0.944. The van der Waals surface area contributed by atoms with Crippen molar-refractivity contribution in [2.24, 2.45) is 0 Å². The molecule has 1 aliphatic carbocycles. The summed E-state index contributed by atoms with van der Waals surface area (Å²) in [6, 6.07) is 7.69. The van der Waals surface area contributed by atoms with Crippen LogP contribution >= 0.6 is 0 Å². The smallest absolute Gasteiger partial charge is 0.321 e. The van der Waals surface area contributed by atoms with Gasteiger partial charge in [-0.25, -0.2) is 4.79 Å². The van der Waals surface area contributed by atoms with Crippen LogP contribution in [0.1, 0.15) is 43.8 Å². The number of carbonyl (C=O) groups excluding carboxylic acids is 1. The fourth-order valence-corrected chi connectivity index (χ4v) is 3.38. The minimum atomic E-state index is -0.0504. The normalized spacial score (nSPS) is 19.1. The molecule has 1 saturated carbocycles. The Morgan fingerprint density at radius 1 is 1.22 bits per heavy atom. The molecule has 1 aromatic heterocycles. The highest BCUT2D eigenvalue weighted by molar-refractivity contribution is 5.93. The van der Waals surface area contributed by atoms with Crippen molar-refractivity contribution in [1.29, 1.82) is 0 Å². The van der Waals surface area contributed by atoms with E-state index in [2.05, 4.69) is 15.5 Å². The van der Waals surface area contributed by atoms with Gasteiger partial charge < -0.3 is 9.84 Å². The van der Waals surface area contributed by atoms with Crippen molar-refractivity contribution < 1.29 is 9.32 Å². The van der Waals surface area contributed by atoms with E-state index in [1.165, 1.54) is 12.8 Å². The maximum atomic E-state index is 12.0. The van der Waals surface area contributed by atoms with Crippen LogP contribution in [-0.4, -0.2) is 29.3 Å². The summed E-state index contributed by atoms with van der Waals surface area (Å²) in [4.78, 5) is 18.3. The summed E-state index contributed by atoms with van der Waals surface area (Å²) in [5.41, 5.74) is 1.72. The maximum Gasteiger partial charge on any atom is 0.321 e. The Morgan fingerprint density at radius 3 is 2.91 bits per heavy atom. The SMILES string of the molecule is O=C1NCCCN1c1cccc(-c2nc(C3CCCC3)no2)c1. The van der Waals surface area contributed by atoms with Crippen molar-refractivity contribution in [2.75, 3.05) is 18.0 Å². The zero-order chi connectivity index (χ0) is 15.6. The molecule has 0 atom stereocenters. The van der Waals surface area contributed by atoms with Crippen LogP contribution in [0.5, 0.6) is 0 Å². The number of nitrogens with one attached hydrogen (secondary N) is 1. The molecule has 0 unspecified atom stereocenters. The Kier molecular flexibility index (Phi) is 3.73. The van der Waals surface area contributed by atoms with Crippen LogP contribution in [0.3, 0.4) is 0 Å². The summed E-state index contributed by atoms with van der Waals surface area (Å²) in [6.45, 7) is 1.47. The number of nitrogens with zero attached hydrogens (tertiary/aromatic N) is 3. The molecular formula is C17H20N4O2. The number of rotatable bonds is 3. The second kappa shape index (κ2) is 6.02. The van der Waals surface area contributed by atoms with E-state index in [0.717, 1.165) is 49.4 Å². The Morgan fingerprint density at radius 2 is 2.09 bits per heavy atom. The van der Waals surface area contributed by atoms with E-state index in [1.54, 1.807) is 4.90 Å². The Bertz CT molecular complexity index is 706. The van der Waals surface area contributed by atoms with Crippen molar-refractivity contribution in [2.45, 2.75) is 38.0 Å². The van der Waals surface area contributed by atoms with E-state index in [0.29, 0.717) is 11.8 Å². The lowest BCUT2D eigenvalue weighted by Crippen LogP contribution is -2.46. The van der Waals surface area contributed by atoms with Crippen LogP contribution < -0.4 is 10.2 Å². The predicted molar refractivity (Wildman–Crippen MR) is 86.3 cm³/mol. The molecule has 120 valence electrons. The first-order valence-electron chi connectivity index (χ1n) is 8.31. The zero-order valence-corrected chi connectivity index (χ0v) is 13.0. The third kappa shape index (κ3) is 2.81. The van der Waals surface area contributed by atoms with Crippen molar-refractivity contribution in [1.82, 2.24) is 15.5 Å². The van der Waals surface area contributed by atoms with Gasteiger partial charge in [-0.2, -0.15) is 4.98 Å². The molecule has 6 heteroatoms. The maximum absolute atomic E-state index is 12.0. The average Bonchev–Trinajstić information content (AvgIpc) is 3.27. The van der Waals surface area contributed by atoms with Gasteiger partial charge in [-0.05, 0) is 37.5 Å². The molecule has 0 bridgehead atoms. The molecule has 2 amide bonds. The van der Waals surface area contributed by atoms with Gasteiger partial charge in [-0.3, -0.25) is 4.90 Å². The highest BCUT2D eigenvalue weighted by Gasteiger charge is 2.23. The van der Waals surface area contributed by atoms with Gasteiger partial charge in [0.05, 0.1) is 0 Å². The summed E-state index contributed by atoms with van der Waals surface area (Å²) in [7, 11) is 0. The van der Waals surface area contributed by atoms with Crippen molar-refractivity contribution in [3.05, 3.63) is 30.1 Å². The summed E-state index contributed by atoms with van der Waals surface area (Å²) in [5.74, 6) is 1.79. The molecule has 0 radical (unpaired) electrons. The molecule has 4 rings (SSSR count). The average molecular weight is 312 g/mol. The first kappa shape index (κ1) is 14.2. The molecule has 2 aliphatic rings. The summed E-state index contributed by atoms with van der Waals surface area (Å²) in [6.07, 6.45) is 5.73. The number of amides is 2. The largest absolute Gasteiger partial charge is 0.338 e. The molecule has 2 aromatic rings. The van der Waals surface area contributed by atoms with Crippen LogP contribution in [0.2, 0.25) is 0 Å². The molecule has 2 heterocycles. The molecule has 1 N–H and O–H groups in total. The molecule has 1 saturated heterocycles. The molecule has 1 aromatic carbocycles. The van der Waals surface area contributed by atoms with Crippen molar-refractivity contribution in [3.63, 3.8) is 0 Å². The third-order valence-electron chi connectivity index (χ3n) is 4.65. The topological polar surface area (TPSA) is 71.3 Å². The van der Waals surface area contributed by atoms with Crippen molar-refractivity contribution in [3.8, 4) is 11.5 Å². The van der Waals surface area contributed by atoms with Crippen LogP contribution in [0.25, 0.3) is 11.5 Å². The number of carbonyl (C=O) groups is 1. The zero-order valence-electron chi connectivity index (χ0n) is 13.0. The molecule has 23 heavy (non-hydrogen) atoms. The molecule has 1 aliphatic heterocycles. The first-order chi connectivity index (χ1) is 11.3. The van der Waals surface area contributed by atoms with E-state index in [4.69, 9.17) is 4.52 Å². The molecule has 2 fully saturated rings. The van der Waals surface area contributed by atoms with Gasteiger partial charge >= 0.3 is 6.03 Å². The van der Waals surface area contributed by atoms with E-state index in [-0.39, 0.29) is 6.03 Å². The third-order valence-corrected chi connectivity index (χ3v) is 4.65.